The van der Waals surface area contributed by atoms with Crippen LogP contribution in [0.5, 0.6) is 0 Å². The Morgan fingerprint density at radius 2 is 2.04 bits per heavy atom. The molecule has 0 spiro atoms. The predicted molar refractivity (Wildman–Crippen MR) is 93.4 cm³/mol. The van der Waals surface area contributed by atoms with Crippen LogP contribution in [-0.2, 0) is 15.0 Å². The smallest absolute Gasteiger partial charge is 0.425 e. The van der Waals surface area contributed by atoms with Crippen LogP contribution in [0.4, 0.5) is 23.8 Å². The molecule has 1 aliphatic rings. The van der Waals surface area contributed by atoms with E-state index < -0.39 is 42.0 Å². The summed E-state index contributed by atoms with van der Waals surface area (Å²) >= 11 is 6.10. The average molecular weight is 409 g/mol. The normalized spacial score (nSPS) is 23.3. The summed E-state index contributed by atoms with van der Waals surface area (Å²) in [6.45, 7) is 6.22. The molecule has 11 heteroatoms. The molecule has 1 aromatic rings. The maximum absolute atomic E-state index is 13.4. The molecule has 27 heavy (non-hydrogen) atoms. The largest absolute Gasteiger partial charge is 0.452 e. The van der Waals surface area contributed by atoms with Gasteiger partial charge < -0.3 is 15.2 Å². The third kappa shape index (κ3) is 5.38. The van der Waals surface area contributed by atoms with Gasteiger partial charge in [-0.05, 0) is 39.8 Å². The molecule has 0 aromatic carbocycles. The van der Waals surface area contributed by atoms with E-state index in [0.717, 1.165) is 0 Å². The van der Waals surface area contributed by atoms with Gasteiger partial charge in [0.15, 0.2) is 6.10 Å². The molecule has 0 unspecified atom stereocenters. The number of ether oxygens (including phenoxy) is 2. The fourth-order valence-corrected chi connectivity index (χ4v) is 2.76. The number of rotatable bonds is 1. The molecule has 1 amide bonds. The Balaban J connectivity index is 2.42. The van der Waals surface area contributed by atoms with Crippen LogP contribution in [0.3, 0.4) is 0 Å². The van der Waals surface area contributed by atoms with Gasteiger partial charge in [0.2, 0.25) is 0 Å². The molecule has 2 rings (SSSR count). The summed E-state index contributed by atoms with van der Waals surface area (Å²) in [7, 11) is 0. The lowest BCUT2D eigenvalue weighted by atomic mass is 9.89. The summed E-state index contributed by atoms with van der Waals surface area (Å²) < 4.78 is 49.9. The summed E-state index contributed by atoms with van der Waals surface area (Å²) in [5.74, 6) is 0.0718. The number of nitrogen functional groups attached to an aromatic ring is 1. The van der Waals surface area contributed by atoms with E-state index in [9.17, 15) is 18.0 Å². The Labute approximate surface area is 159 Å². The fourth-order valence-electron chi connectivity index (χ4n) is 2.45. The Morgan fingerprint density at radius 3 is 2.59 bits per heavy atom. The molecule has 3 N–H and O–H groups in total. The van der Waals surface area contributed by atoms with Crippen molar-refractivity contribution in [2.45, 2.75) is 57.5 Å². The number of nitrogens with zero attached hydrogens (tertiary/aromatic N) is 2. The van der Waals surface area contributed by atoms with Gasteiger partial charge >= 0.3 is 12.3 Å². The average Bonchev–Trinajstić information content (AvgIpc) is 2.46. The third-order valence-corrected chi connectivity index (χ3v) is 3.84. The Morgan fingerprint density at radius 1 is 1.41 bits per heavy atom. The number of pyridine rings is 1. The van der Waals surface area contributed by atoms with E-state index in [2.05, 4.69) is 15.3 Å². The second-order valence-electron chi connectivity index (χ2n) is 7.24. The second-order valence-corrected chi connectivity index (χ2v) is 7.64. The van der Waals surface area contributed by atoms with Crippen LogP contribution in [-0.4, -0.2) is 35.0 Å². The first-order valence-electron chi connectivity index (χ1n) is 7.95. The number of aliphatic imine (C=N–C) groups is 1. The monoisotopic (exact) mass is 408 g/mol. The fraction of sp³-hybridized carbons (Fsp3) is 0.562. The highest BCUT2D eigenvalue weighted by Crippen LogP contribution is 2.41. The zero-order valence-corrected chi connectivity index (χ0v) is 15.9. The van der Waals surface area contributed by atoms with Crippen molar-refractivity contribution in [3.63, 3.8) is 0 Å². The number of amides is 1. The van der Waals surface area contributed by atoms with E-state index in [-0.39, 0.29) is 16.5 Å². The topological polar surface area (TPSA) is 98.8 Å². The van der Waals surface area contributed by atoms with Crippen molar-refractivity contribution in [2.24, 2.45) is 4.99 Å². The summed E-state index contributed by atoms with van der Waals surface area (Å²) in [6.07, 6.45) is -8.53. The molecule has 1 aromatic heterocycles. The summed E-state index contributed by atoms with van der Waals surface area (Å²) in [6, 6.07) is 2.19. The van der Waals surface area contributed by atoms with Crippen LogP contribution in [0.1, 0.15) is 39.8 Å². The number of hydrogen-bond donors (Lipinski definition) is 2. The van der Waals surface area contributed by atoms with Crippen molar-refractivity contribution in [1.82, 2.24) is 10.3 Å². The van der Waals surface area contributed by atoms with Crippen LogP contribution in [0.15, 0.2) is 17.1 Å². The third-order valence-electron chi connectivity index (χ3n) is 3.54. The number of hydrogen-bond acceptors (Lipinski definition) is 6. The molecular formula is C16H20ClF3N4O3. The number of alkyl halides is 3. The Bertz CT molecular complexity index is 764. The van der Waals surface area contributed by atoms with Crippen molar-refractivity contribution in [2.75, 3.05) is 5.73 Å². The number of nitrogens with one attached hydrogen (secondary N) is 1. The molecule has 0 bridgehead atoms. The predicted octanol–water partition coefficient (Wildman–Crippen LogP) is 3.76. The van der Waals surface area contributed by atoms with Gasteiger partial charge in [-0.25, -0.2) is 20.1 Å². The van der Waals surface area contributed by atoms with Crippen molar-refractivity contribution < 1.29 is 27.4 Å². The van der Waals surface area contributed by atoms with Crippen molar-refractivity contribution in [3.05, 3.63) is 22.8 Å². The molecule has 7 nitrogen and oxygen atoms in total. The van der Waals surface area contributed by atoms with E-state index in [1.165, 1.54) is 19.1 Å². The molecule has 0 saturated heterocycles. The maximum Gasteiger partial charge on any atom is 0.425 e. The van der Waals surface area contributed by atoms with E-state index in [1.54, 1.807) is 20.8 Å². The van der Waals surface area contributed by atoms with Gasteiger partial charge in [0.25, 0.3) is 6.02 Å². The van der Waals surface area contributed by atoms with E-state index in [1.807, 2.05) is 0 Å². The van der Waals surface area contributed by atoms with Crippen LogP contribution in [0.2, 0.25) is 5.02 Å². The number of nitrogens with two attached hydrogens (primary N) is 1. The first kappa shape index (κ1) is 21.1. The highest BCUT2D eigenvalue weighted by Gasteiger charge is 2.51. The van der Waals surface area contributed by atoms with Gasteiger partial charge in [-0.1, -0.05) is 11.6 Å². The van der Waals surface area contributed by atoms with Crippen molar-refractivity contribution in [1.29, 1.82) is 0 Å². The molecule has 0 fully saturated rings. The minimum Gasteiger partial charge on any atom is -0.452 e. The van der Waals surface area contributed by atoms with Crippen LogP contribution < -0.4 is 11.1 Å². The van der Waals surface area contributed by atoms with E-state index in [4.69, 9.17) is 26.8 Å². The van der Waals surface area contributed by atoms with Crippen LogP contribution >= 0.6 is 11.6 Å². The van der Waals surface area contributed by atoms with Gasteiger partial charge in [-0.3, -0.25) is 0 Å². The number of halogens is 4. The van der Waals surface area contributed by atoms with E-state index >= 15 is 0 Å². The molecule has 0 aliphatic carbocycles. The van der Waals surface area contributed by atoms with E-state index in [0.29, 0.717) is 0 Å². The number of carbonyl (C=O) groups excluding carboxylic acids is 1. The summed E-state index contributed by atoms with van der Waals surface area (Å²) in [5.41, 5.74) is 3.29. The second kappa shape index (κ2) is 7.06. The maximum atomic E-state index is 13.4. The molecule has 150 valence electrons. The highest BCUT2D eigenvalue weighted by molar-refractivity contribution is 6.31. The molecule has 0 radical (unpaired) electrons. The number of aromatic nitrogens is 1. The van der Waals surface area contributed by atoms with Gasteiger partial charge in [-0.15, -0.1) is 0 Å². The standard InChI is InChI=1S/C16H20ClF3N4O3/c1-14(2,3)27-13(25)23-12-24-15(4,7-9(26-12)16(18,19)20)11-8(17)5-6-10(21)22-11/h5-6,9H,7H2,1-4H3,(H2,21,22)(H,23,24,25)/t9-,15-/m0/s1. The Hall–Kier alpha value is -2.23. The minimum atomic E-state index is -4.70. The quantitative estimate of drug-likeness (QED) is 0.737. The van der Waals surface area contributed by atoms with Crippen molar-refractivity contribution in [3.8, 4) is 0 Å². The lowest BCUT2D eigenvalue weighted by molar-refractivity contribution is -0.208. The summed E-state index contributed by atoms with van der Waals surface area (Å²) in [5, 5.41) is 2.19. The number of carbonyl (C=O) groups is 1. The SMILES string of the molecule is CC(C)(C)OC(=O)NC1=N[C@](C)(c2nc(N)ccc2Cl)C[C@@H](C(F)(F)F)O1. The highest BCUT2D eigenvalue weighted by atomic mass is 35.5. The number of amidine groups is 1. The van der Waals surface area contributed by atoms with Gasteiger partial charge in [0.1, 0.15) is 17.0 Å². The van der Waals surface area contributed by atoms with Crippen molar-refractivity contribution >= 4 is 29.5 Å². The molecule has 2 heterocycles. The zero-order chi connectivity index (χ0) is 20.6. The molecule has 2 atom stereocenters. The minimum absolute atomic E-state index is 0.0465. The van der Waals surface area contributed by atoms with Gasteiger partial charge in [-0.2, -0.15) is 13.2 Å². The molecule has 0 saturated carbocycles. The lowest BCUT2D eigenvalue weighted by Crippen LogP contribution is -2.49. The molecular weight excluding hydrogens is 389 g/mol. The van der Waals surface area contributed by atoms with Crippen LogP contribution in [0.25, 0.3) is 0 Å². The lowest BCUT2D eigenvalue weighted by Gasteiger charge is -2.36. The van der Waals surface area contributed by atoms with Crippen LogP contribution in [0, 0.1) is 0 Å². The molecule has 1 aliphatic heterocycles. The zero-order valence-electron chi connectivity index (χ0n) is 15.1. The number of alkyl carbamates (subject to hydrolysis) is 1. The first-order valence-corrected chi connectivity index (χ1v) is 8.33. The van der Waals surface area contributed by atoms with Gasteiger partial charge in [0, 0.05) is 6.42 Å². The summed E-state index contributed by atoms with van der Waals surface area (Å²) in [4.78, 5) is 20.0. The number of anilines is 1. The Kier molecular flexibility index (Phi) is 5.51. The van der Waals surface area contributed by atoms with Gasteiger partial charge in [0.05, 0.1) is 10.7 Å². The first-order chi connectivity index (χ1) is 12.2.